The lowest BCUT2D eigenvalue weighted by molar-refractivity contribution is 0.0377. The molecule has 0 aromatic carbocycles. The Morgan fingerprint density at radius 1 is 0.750 bits per heavy atom. The molecule has 0 atom stereocenters. The van der Waals surface area contributed by atoms with Gasteiger partial charge in [0.05, 0.1) is 39.6 Å². The molecule has 0 saturated carbocycles. The average Bonchev–Trinajstić information content (AvgIpc) is 2.58. The molecule has 3 aliphatic rings. The molecule has 3 fully saturated rings. The van der Waals surface area contributed by atoms with Crippen molar-refractivity contribution >= 4 is 6.16 Å². The lowest BCUT2D eigenvalue weighted by atomic mass is 10.5. The Kier molecular flexibility index (Phi) is 16.1. The number of nitrogens with one attached hydrogen (secondary N) is 1. The van der Waals surface area contributed by atoms with Crippen LogP contribution < -0.4 is 17.0 Å². The molecule has 11 heteroatoms. The van der Waals surface area contributed by atoms with Crippen molar-refractivity contribution in [2.75, 3.05) is 78.9 Å². The van der Waals surface area contributed by atoms with Crippen molar-refractivity contribution in [3.05, 3.63) is 0 Å². The van der Waals surface area contributed by atoms with Crippen LogP contribution in [-0.2, 0) is 14.2 Å². The summed E-state index contributed by atoms with van der Waals surface area (Å²) in [6.07, 6.45) is -1.83. The molecule has 0 bridgehead atoms. The Morgan fingerprint density at radius 2 is 1.04 bits per heavy atom. The summed E-state index contributed by atoms with van der Waals surface area (Å²) < 4.78 is 15.0. The first-order chi connectivity index (χ1) is 11.5. The van der Waals surface area contributed by atoms with Gasteiger partial charge in [0, 0.05) is 39.3 Å². The van der Waals surface area contributed by atoms with Crippen LogP contribution in [0.4, 0.5) is 4.79 Å². The molecule has 0 aliphatic carbocycles. The summed E-state index contributed by atoms with van der Waals surface area (Å²) in [6, 6.07) is 0. The number of carbonyl (C=O) groups is 1. The van der Waals surface area contributed by atoms with Gasteiger partial charge in [0.25, 0.3) is 0 Å². The van der Waals surface area contributed by atoms with Crippen molar-refractivity contribution in [2.24, 2.45) is 11.7 Å². The van der Waals surface area contributed by atoms with E-state index in [9.17, 15) is 0 Å². The molecule has 0 aromatic rings. The summed E-state index contributed by atoms with van der Waals surface area (Å²) in [5.41, 5.74) is 0. The quantitative estimate of drug-likeness (QED) is 0.313. The monoisotopic (exact) mass is 353 g/mol. The van der Waals surface area contributed by atoms with Crippen LogP contribution in [-0.4, -0.2) is 105 Å². The van der Waals surface area contributed by atoms with Crippen LogP contribution in [0.3, 0.4) is 0 Å². The minimum absolute atomic E-state index is 0.788. The third-order valence-corrected chi connectivity index (χ3v) is 2.94. The number of carboxylic acid groups (broad SMARTS) is 2. The van der Waals surface area contributed by atoms with Gasteiger partial charge in [0.2, 0.25) is 0 Å². The molecule has 3 heterocycles. The van der Waals surface area contributed by atoms with E-state index in [-0.39, 0.29) is 0 Å². The highest BCUT2D eigenvalue weighted by Crippen LogP contribution is 1.87. The lowest BCUT2D eigenvalue weighted by Gasteiger charge is -2.20. The molecule has 0 radical (unpaired) electrons. The number of hydrogen-bond acceptors (Lipinski definition) is 9. The molecule has 0 amide bonds. The summed E-state index contributed by atoms with van der Waals surface area (Å²) in [7, 11) is 0. The number of nitrogens with zero attached hydrogens (tertiary/aromatic N) is 2. The van der Waals surface area contributed by atoms with Gasteiger partial charge in [0.15, 0.2) is 0 Å². The van der Waals surface area contributed by atoms with Gasteiger partial charge in [-0.15, -0.1) is 0 Å². The van der Waals surface area contributed by atoms with E-state index < -0.39 is 6.16 Å². The zero-order valence-electron chi connectivity index (χ0n) is 14.1. The van der Waals surface area contributed by atoms with Crippen LogP contribution in [0.25, 0.3) is 0 Å². The van der Waals surface area contributed by atoms with Gasteiger partial charge in [-0.05, 0) is 0 Å². The fourth-order valence-electron chi connectivity index (χ4n) is 1.67. The second kappa shape index (κ2) is 16.8. The number of hydrazine groups is 2. The molecule has 11 nitrogen and oxygen atoms in total. The summed E-state index contributed by atoms with van der Waals surface area (Å²) >= 11 is 0. The zero-order valence-corrected chi connectivity index (χ0v) is 14.1. The summed E-state index contributed by atoms with van der Waals surface area (Å²) in [4.78, 5) is 8.56. The number of ether oxygens (including phenoxy) is 3. The predicted molar refractivity (Wildman–Crippen MR) is 87.5 cm³/mol. The second-order valence-corrected chi connectivity index (χ2v) is 4.94. The molecule has 3 saturated heterocycles. The Morgan fingerprint density at radius 3 is 1.17 bits per heavy atom. The van der Waals surface area contributed by atoms with E-state index in [4.69, 9.17) is 40.9 Å². The molecule has 144 valence electrons. The third kappa shape index (κ3) is 19.0. The Balaban J connectivity index is 0.000000301. The smallest absolute Gasteiger partial charge is 0.450 e. The first-order valence-electron chi connectivity index (χ1n) is 7.87. The molecule has 24 heavy (non-hydrogen) atoms. The molecule has 7 N–H and O–H groups in total. The van der Waals surface area contributed by atoms with Crippen LogP contribution in [0.2, 0.25) is 0 Å². The van der Waals surface area contributed by atoms with Crippen molar-refractivity contribution in [1.82, 2.24) is 15.3 Å². The maximum absolute atomic E-state index is 8.56. The fraction of sp³-hybridized carbons (Fsp3) is 0.923. The van der Waals surface area contributed by atoms with Crippen LogP contribution in [0.5, 0.6) is 0 Å². The van der Waals surface area contributed by atoms with Crippen LogP contribution in [0, 0.1) is 0 Å². The fourth-order valence-corrected chi connectivity index (χ4v) is 1.67. The molecule has 0 spiro atoms. The van der Waals surface area contributed by atoms with Crippen molar-refractivity contribution < 1.29 is 29.2 Å². The van der Waals surface area contributed by atoms with Gasteiger partial charge in [-0.1, -0.05) is 0 Å². The van der Waals surface area contributed by atoms with E-state index in [1.807, 2.05) is 0 Å². The maximum atomic E-state index is 8.56. The van der Waals surface area contributed by atoms with Gasteiger partial charge in [-0.2, -0.15) is 0 Å². The Labute approximate surface area is 142 Å². The average molecular weight is 353 g/mol. The number of morpholine rings is 3. The molecule has 3 aliphatic heterocycles. The summed E-state index contributed by atoms with van der Waals surface area (Å²) in [5, 5.41) is 20.6. The molecular formula is C13H31N5O6. The number of nitrogens with two attached hydrogens (primary N) is 2. The predicted octanol–water partition coefficient (Wildman–Crippen LogP) is -1.79. The molecule has 0 unspecified atom stereocenters. The summed E-state index contributed by atoms with van der Waals surface area (Å²) in [5.74, 6) is 10.8. The van der Waals surface area contributed by atoms with E-state index in [2.05, 4.69) is 5.32 Å². The third-order valence-electron chi connectivity index (χ3n) is 2.94. The van der Waals surface area contributed by atoms with Crippen LogP contribution in [0.15, 0.2) is 0 Å². The molecular weight excluding hydrogens is 322 g/mol. The summed E-state index contributed by atoms with van der Waals surface area (Å²) in [6.45, 7) is 10.5. The lowest BCUT2D eigenvalue weighted by Crippen LogP contribution is -2.41. The SMILES string of the molecule is C1COCCN1.NN1CCOCC1.NN1CCOCC1.O=C(O)O. The van der Waals surface area contributed by atoms with E-state index in [1.54, 1.807) is 10.0 Å². The van der Waals surface area contributed by atoms with Crippen molar-refractivity contribution in [3.8, 4) is 0 Å². The van der Waals surface area contributed by atoms with Gasteiger partial charge < -0.3 is 29.7 Å². The van der Waals surface area contributed by atoms with Crippen molar-refractivity contribution in [3.63, 3.8) is 0 Å². The standard InChI is InChI=1S/2C4H10N2O.C4H9NO.CH2O3/c2*5-6-1-3-7-4-2-6;1-3-6-4-2-5-1;2-1(3)4/h2*1-5H2;5H,1-4H2;(H2,2,3,4). The first kappa shape index (κ1) is 22.9. The van der Waals surface area contributed by atoms with Crippen molar-refractivity contribution in [1.29, 1.82) is 0 Å². The minimum Gasteiger partial charge on any atom is -0.450 e. The highest BCUT2D eigenvalue weighted by atomic mass is 16.6. The zero-order chi connectivity index (χ0) is 18.0. The Bertz CT molecular complexity index is 253. The van der Waals surface area contributed by atoms with E-state index >= 15 is 0 Å². The molecule has 3 rings (SSSR count). The van der Waals surface area contributed by atoms with Crippen molar-refractivity contribution in [2.45, 2.75) is 0 Å². The number of rotatable bonds is 0. The maximum Gasteiger partial charge on any atom is 0.503 e. The topological polar surface area (TPSA) is 156 Å². The second-order valence-electron chi connectivity index (χ2n) is 4.94. The first-order valence-corrected chi connectivity index (χ1v) is 7.87. The van der Waals surface area contributed by atoms with Gasteiger partial charge in [-0.25, -0.2) is 14.8 Å². The minimum atomic E-state index is -1.83. The van der Waals surface area contributed by atoms with E-state index in [1.165, 1.54) is 0 Å². The van der Waals surface area contributed by atoms with Gasteiger partial charge >= 0.3 is 6.16 Å². The molecule has 0 aromatic heterocycles. The normalized spacial score (nSPS) is 21.8. The van der Waals surface area contributed by atoms with Gasteiger partial charge in [0.1, 0.15) is 0 Å². The number of hydrogen-bond donors (Lipinski definition) is 5. The Hall–Kier alpha value is -1.05. The largest absolute Gasteiger partial charge is 0.503 e. The van der Waals surface area contributed by atoms with E-state index in [0.29, 0.717) is 0 Å². The van der Waals surface area contributed by atoms with Crippen LogP contribution in [0.1, 0.15) is 0 Å². The van der Waals surface area contributed by atoms with Gasteiger partial charge in [-0.3, -0.25) is 11.7 Å². The highest BCUT2D eigenvalue weighted by Gasteiger charge is 2.03. The highest BCUT2D eigenvalue weighted by molar-refractivity contribution is 5.53. The van der Waals surface area contributed by atoms with Crippen LogP contribution >= 0.6 is 0 Å². The van der Waals surface area contributed by atoms with E-state index in [0.717, 1.165) is 78.9 Å².